The molecule has 0 bridgehead atoms. The highest BCUT2D eigenvalue weighted by Gasteiger charge is 2.04. The van der Waals surface area contributed by atoms with Crippen molar-refractivity contribution in [3.05, 3.63) is 47.0 Å². The maximum absolute atomic E-state index is 9.28. The van der Waals surface area contributed by atoms with Crippen molar-refractivity contribution >= 4 is 10.8 Å². The van der Waals surface area contributed by atoms with Crippen LogP contribution in [0, 0.1) is 0 Å². The number of benzene rings is 2. The highest BCUT2D eigenvalue weighted by molar-refractivity contribution is 5.87. The first-order valence-corrected chi connectivity index (χ1v) is 5.15. The lowest BCUT2D eigenvalue weighted by molar-refractivity contribution is 0.276. The molecular weight excluding hydrogens is 204 g/mol. The van der Waals surface area contributed by atoms with E-state index in [1.807, 2.05) is 24.3 Å². The Morgan fingerprint density at radius 2 is 1.50 bits per heavy atom. The first-order chi connectivity index (χ1) is 7.78. The van der Waals surface area contributed by atoms with Gasteiger partial charge in [-0.1, -0.05) is 18.2 Å². The lowest BCUT2D eigenvalue weighted by atomic mass is 9.99. The molecule has 0 aliphatic heterocycles. The van der Waals surface area contributed by atoms with Crippen LogP contribution in [0.3, 0.4) is 0 Å². The molecule has 0 unspecified atom stereocenters. The van der Waals surface area contributed by atoms with Crippen LogP contribution in [0.1, 0.15) is 16.7 Å². The second kappa shape index (κ2) is 4.61. The predicted molar refractivity (Wildman–Crippen MR) is 61.7 cm³/mol. The van der Waals surface area contributed by atoms with E-state index in [0.29, 0.717) is 0 Å². The van der Waals surface area contributed by atoms with Crippen LogP contribution in [0.2, 0.25) is 0 Å². The van der Waals surface area contributed by atoms with Gasteiger partial charge in [0.1, 0.15) is 0 Å². The topological polar surface area (TPSA) is 60.7 Å². The maximum atomic E-state index is 9.28. The number of rotatable bonds is 3. The molecule has 0 fully saturated rings. The van der Waals surface area contributed by atoms with Gasteiger partial charge in [-0.15, -0.1) is 0 Å². The number of aliphatic hydroxyl groups is 3. The third-order valence-electron chi connectivity index (χ3n) is 2.70. The minimum absolute atomic E-state index is 0.0113. The van der Waals surface area contributed by atoms with Crippen LogP contribution in [-0.4, -0.2) is 15.3 Å². The molecule has 2 aromatic rings. The Labute approximate surface area is 93.6 Å². The van der Waals surface area contributed by atoms with Crippen LogP contribution >= 0.6 is 0 Å². The normalized spacial score (nSPS) is 10.9. The maximum Gasteiger partial charge on any atom is 0.0687 e. The van der Waals surface area contributed by atoms with Gasteiger partial charge in [-0.2, -0.15) is 0 Å². The Morgan fingerprint density at radius 3 is 2.12 bits per heavy atom. The summed E-state index contributed by atoms with van der Waals surface area (Å²) >= 11 is 0. The molecule has 3 nitrogen and oxygen atoms in total. The van der Waals surface area contributed by atoms with Gasteiger partial charge >= 0.3 is 0 Å². The van der Waals surface area contributed by atoms with Crippen LogP contribution in [0.4, 0.5) is 0 Å². The second-order valence-electron chi connectivity index (χ2n) is 3.78. The van der Waals surface area contributed by atoms with E-state index in [1.165, 1.54) is 0 Å². The van der Waals surface area contributed by atoms with Gasteiger partial charge in [0.15, 0.2) is 0 Å². The average molecular weight is 218 g/mol. The zero-order valence-electron chi connectivity index (χ0n) is 8.85. The van der Waals surface area contributed by atoms with E-state index in [9.17, 15) is 5.11 Å². The summed E-state index contributed by atoms with van der Waals surface area (Å²) in [5.41, 5.74) is 2.38. The summed E-state index contributed by atoms with van der Waals surface area (Å²) in [7, 11) is 0. The van der Waals surface area contributed by atoms with Gasteiger partial charge in [-0.25, -0.2) is 0 Å². The summed E-state index contributed by atoms with van der Waals surface area (Å²) in [5, 5.41) is 29.3. The monoisotopic (exact) mass is 218 g/mol. The van der Waals surface area contributed by atoms with Gasteiger partial charge < -0.3 is 15.3 Å². The van der Waals surface area contributed by atoms with E-state index in [2.05, 4.69) is 0 Å². The Kier molecular flexibility index (Phi) is 3.19. The number of hydrogen-bond donors (Lipinski definition) is 3. The highest BCUT2D eigenvalue weighted by Crippen LogP contribution is 2.23. The molecule has 3 N–H and O–H groups in total. The molecule has 0 amide bonds. The van der Waals surface area contributed by atoms with Crippen molar-refractivity contribution < 1.29 is 15.3 Å². The third-order valence-corrected chi connectivity index (χ3v) is 2.70. The fourth-order valence-electron chi connectivity index (χ4n) is 1.87. The van der Waals surface area contributed by atoms with E-state index in [0.717, 1.165) is 27.5 Å². The summed E-state index contributed by atoms with van der Waals surface area (Å²) in [4.78, 5) is 0. The standard InChI is InChI=1S/C13H14O3/c14-6-9-1-2-11-3-10(7-15)4-12(8-16)13(11)5-9/h1-5,14-16H,6-8H2. The van der Waals surface area contributed by atoms with Crippen molar-refractivity contribution in [1.82, 2.24) is 0 Å². The highest BCUT2D eigenvalue weighted by atomic mass is 16.3. The Balaban J connectivity index is 2.69. The quantitative estimate of drug-likeness (QED) is 0.728. The summed E-state index contributed by atoms with van der Waals surface area (Å²) in [5.74, 6) is 0. The Bertz CT molecular complexity index is 506. The molecule has 2 aromatic carbocycles. The van der Waals surface area contributed by atoms with Crippen molar-refractivity contribution in [3.8, 4) is 0 Å². The van der Waals surface area contributed by atoms with Gasteiger partial charge in [-0.05, 0) is 39.6 Å². The van der Waals surface area contributed by atoms with E-state index in [4.69, 9.17) is 10.2 Å². The van der Waals surface area contributed by atoms with Crippen LogP contribution in [-0.2, 0) is 19.8 Å². The molecule has 0 heterocycles. The van der Waals surface area contributed by atoms with Gasteiger partial charge in [0.05, 0.1) is 19.8 Å². The molecule has 0 radical (unpaired) electrons. The lowest BCUT2D eigenvalue weighted by Crippen LogP contribution is -1.93. The van der Waals surface area contributed by atoms with Crippen molar-refractivity contribution in [3.63, 3.8) is 0 Å². The van der Waals surface area contributed by atoms with E-state index in [1.54, 1.807) is 6.07 Å². The molecule has 0 spiro atoms. The third kappa shape index (κ3) is 1.93. The molecule has 0 aliphatic rings. The van der Waals surface area contributed by atoms with Crippen molar-refractivity contribution in [2.45, 2.75) is 19.8 Å². The predicted octanol–water partition coefficient (Wildman–Crippen LogP) is 1.32. The van der Waals surface area contributed by atoms with Gasteiger partial charge in [0.25, 0.3) is 0 Å². The van der Waals surface area contributed by atoms with Crippen LogP contribution in [0.5, 0.6) is 0 Å². The van der Waals surface area contributed by atoms with E-state index in [-0.39, 0.29) is 19.8 Å². The van der Waals surface area contributed by atoms with Crippen molar-refractivity contribution in [2.24, 2.45) is 0 Å². The summed E-state index contributed by atoms with van der Waals surface area (Å²) in [6, 6.07) is 9.25. The van der Waals surface area contributed by atoms with E-state index < -0.39 is 0 Å². The van der Waals surface area contributed by atoms with Crippen LogP contribution < -0.4 is 0 Å². The summed E-state index contributed by atoms with van der Waals surface area (Å²) in [6.07, 6.45) is 0. The molecule has 2 rings (SSSR count). The summed E-state index contributed by atoms with van der Waals surface area (Å²) < 4.78 is 0. The van der Waals surface area contributed by atoms with Gasteiger partial charge in [0.2, 0.25) is 0 Å². The molecule has 0 atom stereocenters. The van der Waals surface area contributed by atoms with E-state index >= 15 is 0 Å². The smallest absolute Gasteiger partial charge is 0.0687 e. The summed E-state index contributed by atoms with van der Waals surface area (Å²) in [6.45, 7) is -0.119. The van der Waals surface area contributed by atoms with Crippen molar-refractivity contribution in [2.75, 3.05) is 0 Å². The molecule has 3 heteroatoms. The number of hydrogen-bond acceptors (Lipinski definition) is 3. The number of fused-ring (bicyclic) bond motifs is 1. The molecule has 0 aromatic heterocycles. The molecule has 0 aliphatic carbocycles. The van der Waals surface area contributed by atoms with Gasteiger partial charge in [-0.3, -0.25) is 0 Å². The minimum Gasteiger partial charge on any atom is -0.392 e. The zero-order chi connectivity index (χ0) is 11.5. The first-order valence-electron chi connectivity index (χ1n) is 5.15. The minimum atomic E-state index is -0.0702. The second-order valence-corrected chi connectivity index (χ2v) is 3.78. The molecular formula is C13H14O3. The average Bonchev–Trinajstić information content (AvgIpc) is 2.36. The fourth-order valence-corrected chi connectivity index (χ4v) is 1.87. The fraction of sp³-hybridized carbons (Fsp3) is 0.231. The zero-order valence-corrected chi connectivity index (χ0v) is 8.85. The first kappa shape index (κ1) is 11.1. The molecule has 0 saturated heterocycles. The van der Waals surface area contributed by atoms with Crippen LogP contribution in [0.25, 0.3) is 10.8 Å². The largest absolute Gasteiger partial charge is 0.392 e. The Morgan fingerprint density at radius 1 is 0.750 bits per heavy atom. The molecule has 84 valence electrons. The van der Waals surface area contributed by atoms with Crippen LogP contribution in [0.15, 0.2) is 30.3 Å². The van der Waals surface area contributed by atoms with Gasteiger partial charge in [0, 0.05) is 0 Å². The number of aliphatic hydroxyl groups excluding tert-OH is 3. The SMILES string of the molecule is OCc1cc(CO)c2cc(CO)ccc2c1. The van der Waals surface area contributed by atoms with Crippen molar-refractivity contribution in [1.29, 1.82) is 0 Å². The molecule has 0 saturated carbocycles. The Hall–Kier alpha value is -1.42. The molecule has 16 heavy (non-hydrogen) atoms. The lowest BCUT2D eigenvalue weighted by Gasteiger charge is -2.08.